The lowest BCUT2D eigenvalue weighted by atomic mass is 9.78. The van der Waals surface area contributed by atoms with Gasteiger partial charge in [0.2, 0.25) is 5.91 Å². The number of rotatable bonds is 4. The minimum absolute atomic E-state index is 0.127. The molecule has 132 valence electrons. The van der Waals surface area contributed by atoms with Crippen molar-refractivity contribution in [1.29, 1.82) is 0 Å². The van der Waals surface area contributed by atoms with Crippen LogP contribution in [-0.2, 0) is 14.3 Å². The smallest absolute Gasteiger partial charge is 0.338 e. The van der Waals surface area contributed by atoms with E-state index in [1.165, 1.54) is 4.90 Å². The van der Waals surface area contributed by atoms with Crippen LogP contribution in [0.15, 0.2) is 24.3 Å². The number of amides is 1. The van der Waals surface area contributed by atoms with Crippen LogP contribution < -0.4 is 4.90 Å². The van der Waals surface area contributed by atoms with Crippen LogP contribution in [0, 0.1) is 23.7 Å². The first-order valence-electron chi connectivity index (χ1n) is 8.46. The maximum atomic E-state index is 12.9. The fourth-order valence-corrected chi connectivity index (χ4v) is 4.95. The molecule has 1 saturated heterocycles. The van der Waals surface area contributed by atoms with Crippen molar-refractivity contribution in [3.05, 3.63) is 29.8 Å². The summed E-state index contributed by atoms with van der Waals surface area (Å²) in [7, 11) is 0. The first kappa shape index (κ1) is 16.1. The highest BCUT2D eigenvalue weighted by Crippen LogP contribution is 2.59. The molecule has 2 N–H and O–H groups in total. The molecule has 0 spiro atoms. The van der Waals surface area contributed by atoms with Crippen molar-refractivity contribution in [2.75, 3.05) is 11.5 Å². The Kier molecular flexibility index (Phi) is 3.57. The summed E-state index contributed by atoms with van der Waals surface area (Å²) in [4.78, 5) is 37.7. The molecular formula is C18H19NO6. The number of hydrogen-bond donors (Lipinski definition) is 2. The predicted octanol–water partition coefficient (Wildman–Crippen LogP) is 0.906. The zero-order valence-electron chi connectivity index (χ0n) is 13.7. The third-order valence-corrected chi connectivity index (χ3v) is 5.84. The SMILES string of the molecule is CCOC(=O)c1ccc(N2C(=O)[C@@H]3[C@H]4C[C@H]([C@H](O)[C@H]42)[C@@H]3C(=O)O)cc1. The maximum Gasteiger partial charge on any atom is 0.338 e. The van der Waals surface area contributed by atoms with Crippen LogP contribution in [-0.4, -0.2) is 46.8 Å². The van der Waals surface area contributed by atoms with Gasteiger partial charge in [-0.05, 0) is 43.5 Å². The maximum absolute atomic E-state index is 12.9. The number of aliphatic hydroxyl groups is 1. The lowest BCUT2D eigenvalue weighted by molar-refractivity contribution is -0.149. The van der Waals surface area contributed by atoms with Gasteiger partial charge in [-0.25, -0.2) is 4.79 Å². The first-order chi connectivity index (χ1) is 12.0. The lowest BCUT2D eigenvalue weighted by Crippen LogP contribution is -2.44. The zero-order valence-corrected chi connectivity index (χ0v) is 13.7. The van der Waals surface area contributed by atoms with Crippen LogP contribution in [0.3, 0.4) is 0 Å². The normalized spacial score (nSPS) is 35.3. The number of ether oxygens (including phenoxy) is 1. The molecule has 25 heavy (non-hydrogen) atoms. The molecule has 0 radical (unpaired) electrons. The second kappa shape index (κ2) is 5.56. The standard InChI is InChI=1S/C18H19NO6/c1-2-25-18(24)8-3-5-9(6-4-8)19-14-10-7-11(15(14)20)13(17(22)23)12(10)16(19)21/h3-6,10-15,20H,2,7H2,1H3,(H,22,23)/t10-,11+,12-,13+,14+,15+/m1/s1. The van der Waals surface area contributed by atoms with Crippen molar-refractivity contribution in [1.82, 2.24) is 0 Å². The number of carboxylic acids is 1. The van der Waals surface area contributed by atoms with E-state index in [1.54, 1.807) is 31.2 Å². The molecule has 2 aliphatic carbocycles. The van der Waals surface area contributed by atoms with E-state index < -0.39 is 29.9 Å². The Bertz CT molecular complexity index is 744. The number of aliphatic hydroxyl groups excluding tert-OH is 1. The van der Waals surface area contributed by atoms with Crippen LogP contribution in [0.1, 0.15) is 23.7 Å². The van der Waals surface area contributed by atoms with Crippen molar-refractivity contribution < 1.29 is 29.3 Å². The lowest BCUT2D eigenvalue weighted by Gasteiger charge is -2.30. The fourth-order valence-electron chi connectivity index (χ4n) is 4.95. The molecule has 4 rings (SSSR count). The van der Waals surface area contributed by atoms with Crippen molar-refractivity contribution in [3.63, 3.8) is 0 Å². The highest BCUT2D eigenvalue weighted by molar-refractivity contribution is 6.02. The van der Waals surface area contributed by atoms with Gasteiger partial charge >= 0.3 is 11.9 Å². The summed E-state index contributed by atoms with van der Waals surface area (Å²) >= 11 is 0. The molecule has 1 amide bonds. The molecule has 2 bridgehead atoms. The van der Waals surface area contributed by atoms with Gasteiger partial charge in [-0.15, -0.1) is 0 Å². The number of hydrogen-bond acceptors (Lipinski definition) is 5. The molecule has 1 aromatic rings. The Morgan fingerprint density at radius 3 is 2.52 bits per heavy atom. The Morgan fingerprint density at radius 1 is 1.24 bits per heavy atom. The fraction of sp³-hybridized carbons (Fsp3) is 0.500. The second-order valence-electron chi connectivity index (χ2n) is 6.91. The number of carbonyl (C=O) groups is 3. The molecule has 0 unspecified atom stereocenters. The Morgan fingerprint density at radius 2 is 1.92 bits per heavy atom. The molecule has 7 heteroatoms. The summed E-state index contributed by atoms with van der Waals surface area (Å²) in [6.07, 6.45) is -0.269. The second-order valence-corrected chi connectivity index (χ2v) is 6.91. The van der Waals surface area contributed by atoms with Gasteiger partial charge < -0.3 is 19.8 Å². The van der Waals surface area contributed by atoms with E-state index in [2.05, 4.69) is 0 Å². The van der Waals surface area contributed by atoms with Gasteiger partial charge in [-0.3, -0.25) is 9.59 Å². The molecule has 1 aliphatic heterocycles. The predicted molar refractivity (Wildman–Crippen MR) is 85.9 cm³/mol. The highest BCUT2D eigenvalue weighted by atomic mass is 16.5. The van der Waals surface area contributed by atoms with Gasteiger partial charge in [0.25, 0.3) is 0 Å². The number of fused-ring (bicyclic) bond motifs is 1. The number of anilines is 1. The highest BCUT2D eigenvalue weighted by Gasteiger charge is 2.69. The topological polar surface area (TPSA) is 104 Å². The summed E-state index contributed by atoms with van der Waals surface area (Å²) < 4.78 is 4.94. The van der Waals surface area contributed by atoms with Crippen LogP contribution in [0.2, 0.25) is 0 Å². The number of esters is 1. The molecule has 3 aliphatic rings. The molecule has 1 aromatic carbocycles. The van der Waals surface area contributed by atoms with E-state index in [0.29, 0.717) is 17.7 Å². The van der Waals surface area contributed by atoms with Crippen molar-refractivity contribution >= 4 is 23.5 Å². The van der Waals surface area contributed by atoms with Crippen LogP contribution in [0.4, 0.5) is 5.69 Å². The van der Waals surface area contributed by atoms with Gasteiger partial charge in [0, 0.05) is 11.6 Å². The van der Waals surface area contributed by atoms with Gasteiger partial charge in [-0.2, -0.15) is 0 Å². The van der Waals surface area contributed by atoms with Gasteiger partial charge in [-0.1, -0.05) is 0 Å². The number of carboxylic acid groups (broad SMARTS) is 1. The van der Waals surface area contributed by atoms with E-state index in [1.807, 2.05) is 0 Å². The summed E-state index contributed by atoms with van der Waals surface area (Å²) in [6.45, 7) is 2.00. The molecule has 6 atom stereocenters. The minimum Gasteiger partial charge on any atom is -0.481 e. The average Bonchev–Trinajstić information content (AvgIpc) is 3.18. The van der Waals surface area contributed by atoms with Crippen molar-refractivity contribution in [3.8, 4) is 0 Å². The Hall–Kier alpha value is -2.41. The number of carbonyl (C=O) groups excluding carboxylic acids is 2. The number of benzene rings is 1. The molecule has 1 heterocycles. The van der Waals surface area contributed by atoms with E-state index >= 15 is 0 Å². The van der Waals surface area contributed by atoms with Crippen LogP contribution in [0.25, 0.3) is 0 Å². The van der Waals surface area contributed by atoms with E-state index in [0.717, 1.165) is 0 Å². The first-order valence-corrected chi connectivity index (χ1v) is 8.46. The summed E-state index contributed by atoms with van der Waals surface area (Å²) in [6, 6.07) is 6.06. The summed E-state index contributed by atoms with van der Waals surface area (Å²) in [5.41, 5.74) is 0.953. The van der Waals surface area contributed by atoms with Gasteiger partial charge in [0.05, 0.1) is 36.2 Å². The largest absolute Gasteiger partial charge is 0.481 e. The van der Waals surface area contributed by atoms with Crippen LogP contribution >= 0.6 is 0 Å². The molecule has 2 saturated carbocycles. The van der Waals surface area contributed by atoms with Crippen LogP contribution in [0.5, 0.6) is 0 Å². The number of nitrogens with zero attached hydrogens (tertiary/aromatic N) is 1. The van der Waals surface area contributed by atoms with Crippen molar-refractivity contribution in [2.24, 2.45) is 23.7 Å². The quantitative estimate of drug-likeness (QED) is 0.786. The van der Waals surface area contributed by atoms with E-state index in [-0.39, 0.29) is 30.4 Å². The van der Waals surface area contributed by atoms with Gasteiger partial charge in [0.15, 0.2) is 0 Å². The Balaban J connectivity index is 1.65. The van der Waals surface area contributed by atoms with Gasteiger partial charge in [0.1, 0.15) is 0 Å². The number of aliphatic carboxylic acids is 1. The molecular weight excluding hydrogens is 326 g/mol. The zero-order chi connectivity index (χ0) is 17.9. The molecule has 7 nitrogen and oxygen atoms in total. The minimum atomic E-state index is -1.01. The summed E-state index contributed by atoms with van der Waals surface area (Å²) in [5.74, 6) is -3.57. The third-order valence-electron chi connectivity index (χ3n) is 5.84. The molecule has 3 fully saturated rings. The van der Waals surface area contributed by atoms with E-state index in [4.69, 9.17) is 4.74 Å². The average molecular weight is 345 g/mol. The van der Waals surface area contributed by atoms with Crippen molar-refractivity contribution in [2.45, 2.75) is 25.5 Å². The van der Waals surface area contributed by atoms with E-state index in [9.17, 15) is 24.6 Å². The summed E-state index contributed by atoms with van der Waals surface area (Å²) in [5, 5.41) is 20.0. The monoisotopic (exact) mass is 345 g/mol. The Labute approximate surface area is 144 Å². The molecule has 0 aromatic heterocycles. The third kappa shape index (κ3) is 2.12.